The number of hydrogen-bond donors (Lipinski definition) is 0. The summed E-state index contributed by atoms with van der Waals surface area (Å²) in [6.45, 7) is 1.63. The smallest absolute Gasteiger partial charge is 0.312 e. The summed E-state index contributed by atoms with van der Waals surface area (Å²) in [5, 5.41) is 10.6. The lowest BCUT2D eigenvalue weighted by molar-refractivity contribution is -0.384. The third-order valence-electron chi connectivity index (χ3n) is 2.28. The molecule has 0 aliphatic heterocycles. The van der Waals surface area contributed by atoms with Crippen LogP contribution >= 0.6 is 0 Å². The SMILES string of the molecule is Cc1ccc([N+](=O)[O-])cc1OC(=O)CCS(C)(=O)=O. The van der Waals surface area contributed by atoms with E-state index in [1.165, 1.54) is 12.1 Å². The number of sulfone groups is 1. The Bertz CT molecular complexity index is 608. The molecule has 7 nitrogen and oxygen atoms in total. The summed E-state index contributed by atoms with van der Waals surface area (Å²) in [6, 6.07) is 3.88. The second-order valence-electron chi connectivity index (χ2n) is 4.06. The molecule has 1 aromatic rings. The number of non-ortho nitro benzene ring substituents is 1. The molecule has 0 spiro atoms. The second-order valence-corrected chi connectivity index (χ2v) is 6.32. The summed E-state index contributed by atoms with van der Waals surface area (Å²) < 4.78 is 26.7. The van der Waals surface area contributed by atoms with Crippen molar-refractivity contribution in [3.63, 3.8) is 0 Å². The minimum Gasteiger partial charge on any atom is -0.426 e. The number of ether oxygens (including phenoxy) is 1. The average Bonchev–Trinajstić information content (AvgIpc) is 2.28. The Morgan fingerprint density at radius 3 is 2.58 bits per heavy atom. The molecule has 0 unspecified atom stereocenters. The highest BCUT2D eigenvalue weighted by Gasteiger charge is 2.14. The van der Waals surface area contributed by atoms with E-state index < -0.39 is 20.7 Å². The number of hydrogen-bond acceptors (Lipinski definition) is 6. The number of nitrogens with zero attached hydrogens (tertiary/aromatic N) is 1. The quantitative estimate of drug-likeness (QED) is 0.349. The molecule has 0 bridgehead atoms. The van der Waals surface area contributed by atoms with Crippen LogP contribution in [0.15, 0.2) is 18.2 Å². The first kappa shape index (κ1) is 15.1. The van der Waals surface area contributed by atoms with Gasteiger partial charge in [-0.05, 0) is 18.6 Å². The highest BCUT2D eigenvalue weighted by molar-refractivity contribution is 7.90. The predicted molar refractivity (Wildman–Crippen MR) is 67.8 cm³/mol. The summed E-state index contributed by atoms with van der Waals surface area (Å²) in [5.74, 6) is -0.999. The van der Waals surface area contributed by atoms with Crippen LogP contribution in [0.4, 0.5) is 5.69 Å². The maximum Gasteiger partial charge on any atom is 0.312 e. The first-order valence-electron chi connectivity index (χ1n) is 5.32. The van der Waals surface area contributed by atoms with Gasteiger partial charge in [-0.2, -0.15) is 0 Å². The molecular weight excluding hydrogens is 274 g/mol. The number of benzene rings is 1. The van der Waals surface area contributed by atoms with Crippen molar-refractivity contribution in [3.05, 3.63) is 33.9 Å². The van der Waals surface area contributed by atoms with Gasteiger partial charge in [-0.3, -0.25) is 14.9 Å². The number of carbonyl (C=O) groups is 1. The Labute approximate surface area is 110 Å². The minimum atomic E-state index is -3.25. The van der Waals surface area contributed by atoms with Crippen LogP contribution in [0.1, 0.15) is 12.0 Å². The molecule has 0 aromatic heterocycles. The van der Waals surface area contributed by atoms with Crippen LogP contribution in [0.25, 0.3) is 0 Å². The number of rotatable bonds is 5. The molecule has 1 aromatic carbocycles. The topological polar surface area (TPSA) is 104 Å². The fourth-order valence-corrected chi connectivity index (χ4v) is 1.79. The van der Waals surface area contributed by atoms with Gasteiger partial charge in [0.05, 0.1) is 23.2 Å². The first-order chi connectivity index (χ1) is 8.69. The molecular formula is C11H13NO6S. The van der Waals surface area contributed by atoms with Crippen molar-refractivity contribution in [2.75, 3.05) is 12.0 Å². The van der Waals surface area contributed by atoms with E-state index in [9.17, 15) is 23.3 Å². The zero-order valence-electron chi connectivity index (χ0n) is 10.5. The molecule has 19 heavy (non-hydrogen) atoms. The zero-order chi connectivity index (χ0) is 14.6. The fraction of sp³-hybridized carbons (Fsp3) is 0.364. The number of aryl methyl sites for hydroxylation is 1. The van der Waals surface area contributed by atoms with E-state index in [-0.39, 0.29) is 23.6 Å². The summed E-state index contributed by atoms with van der Waals surface area (Å²) in [5.41, 5.74) is 0.356. The molecule has 0 heterocycles. The molecule has 0 atom stereocenters. The summed E-state index contributed by atoms with van der Waals surface area (Å²) in [6.07, 6.45) is 0.722. The molecule has 0 saturated carbocycles. The Balaban J connectivity index is 2.79. The number of carbonyl (C=O) groups excluding carboxylic acids is 1. The van der Waals surface area contributed by atoms with E-state index in [1.54, 1.807) is 6.92 Å². The van der Waals surface area contributed by atoms with E-state index in [4.69, 9.17) is 4.74 Å². The van der Waals surface area contributed by atoms with Crippen LogP contribution in [0.5, 0.6) is 5.75 Å². The van der Waals surface area contributed by atoms with Crippen LogP contribution in [-0.2, 0) is 14.6 Å². The van der Waals surface area contributed by atoms with Gasteiger partial charge in [0.2, 0.25) is 0 Å². The van der Waals surface area contributed by atoms with Crippen molar-refractivity contribution in [1.82, 2.24) is 0 Å². The van der Waals surface area contributed by atoms with Gasteiger partial charge in [-0.1, -0.05) is 0 Å². The molecule has 0 N–H and O–H groups in total. The van der Waals surface area contributed by atoms with E-state index >= 15 is 0 Å². The third-order valence-corrected chi connectivity index (χ3v) is 3.23. The van der Waals surface area contributed by atoms with Crippen LogP contribution in [0, 0.1) is 17.0 Å². The lowest BCUT2D eigenvalue weighted by Crippen LogP contribution is -2.14. The molecule has 104 valence electrons. The lowest BCUT2D eigenvalue weighted by atomic mass is 10.2. The predicted octanol–water partition coefficient (Wildman–Crippen LogP) is 1.24. The van der Waals surface area contributed by atoms with Crippen molar-refractivity contribution in [3.8, 4) is 5.75 Å². The Morgan fingerprint density at radius 2 is 2.05 bits per heavy atom. The average molecular weight is 287 g/mol. The van der Waals surface area contributed by atoms with Gasteiger partial charge < -0.3 is 4.74 Å². The lowest BCUT2D eigenvalue weighted by Gasteiger charge is -2.06. The van der Waals surface area contributed by atoms with Gasteiger partial charge in [-0.25, -0.2) is 8.42 Å². The molecule has 8 heteroatoms. The monoisotopic (exact) mass is 287 g/mol. The highest BCUT2D eigenvalue weighted by atomic mass is 32.2. The summed E-state index contributed by atoms with van der Waals surface area (Å²) in [4.78, 5) is 21.4. The maximum atomic E-state index is 11.4. The molecule has 0 amide bonds. The van der Waals surface area contributed by atoms with Crippen LogP contribution in [-0.4, -0.2) is 31.3 Å². The van der Waals surface area contributed by atoms with Gasteiger partial charge in [-0.15, -0.1) is 0 Å². The van der Waals surface area contributed by atoms with Gasteiger partial charge >= 0.3 is 5.97 Å². The van der Waals surface area contributed by atoms with E-state index in [2.05, 4.69) is 0 Å². The van der Waals surface area contributed by atoms with Crippen LogP contribution < -0.4 is 4.74 Å². The number of nitro groups is 1. The van der Waals surface area contributed by atoms with Crippen molar-refractivity contribution in [1.29, 1.82) is 0 Å². The van der Waals surface area contributed by atoms with Gasteiger partial charge in [0.25, 0.3) is 5.69 Å². The van der Waals surface area contributed by atoms with E-state index in [0.29, 0.717) is 5.56 Å². The molecule has 0 saturated heterocycles. The Kier molecular flexibility index (Phi) is 4.60. The summed E-state index contributed by atoms with van der Waals surface area (Å²) >= 11 is 0. The van der Waals surface area contributed by atoms with Crippen molar-refractivity contribution >= 4 is 21.5 Å². The van der Waals surface area contributed by atoms with Gasteiger partial charge in [0, 0.05) is 12.3 Å². The minimum absolute atomic E-state index is 0.0627. The molecule has 0 aliphatic carbocycles. The van der Waals surface area contributed by atoms with Crippen LogP contribution in [0.2, 0.25) is 0 Å². The maximum absolute atomic E-state index is 11.4. The van der Waals surface area contributed by atoms with Gasteiger partial charge in [0.15, 0.2) is 0 Å². The Morgan fingerprint density at radius 1 is 1.42 bits per heavy atom. The highest BCUT2D eigenvalue weighted by Crippen LogP contribution is 2.24. The van der Waals surface area contributed by atoms with Crippen molar-refractivity contribution in [2.24, 2.45) is 0 Å². The second kappa shape index (κ2) is 5.79. The molecule has 1 rings (SSSR count). The Hall–Kier alpha value is -1.96. The number of esters is 1. The van der Waals surface area contributed by atoms with Crippen molar-refractivity contribution in [2.45, 2.75) is 13.3 Å². The molecule has 0 fully saturated rings. The normalized spacial score (nSPS) is 11.1. The summed E-state index contributed by atoms with van der Waals surface area (Å²) in [7, 11) is -3.25. The first-order valence-corrected chi connectivity index (χ1v) is 7.38. The molecule has 0 aliphatic rings. The van der Waals surface area contributed by atoms with E-state index in [1.807, 2.05) is 0 Å². The van der Waals surface area contributed by atoms with Gasteiger partial charge in [0.1, 0.15) is 15.6 Å². The van der Waals surface area contributed by atoms with Crippen molar-refractivity contribution < 1.29 is 22.9 Å². The fourth-order valence-electron chi connectivity index (χ4n) is 1.25. The standard InChI is InChI=1S/C11H13NO6S/c1-8-3-4-9(12(14)15)7-10(8)18-11(13)5-6-19(2,16)17/h3-4,7H,5-6H2,1-2H3. The number of nitro benzene ring substituents is 1. The third kappa shape index (κ3) is 5.04. The largest absolute Gasteiger partial charge is 0.426 e. The zero-order valence-corrected chi connectivity index (χ0v) is 11.3. The van der Waals surface area contributed by atoms with Crippen LogP contribution in [0.3, 0.4) is 0 Å². The van der Waals surface area contributed by atoms with E-state index in [0.717, 1.165) is 12.3 Å². The molecule has 0 radical (unpaired) electrons.